The zero-order chi connectivity index (χ0) is 17.0. The summed E-state index contributed by atoms with van der Waals surface area (Å²) >= 11 is 0. The number of hydrogen-bond donors (Lipinski definition) is 1. The maximum atomic E-state index is 12.2. The normalized spacial score (nSPS) is 14.3. The van der Waals surface area contributed by atoms with E-state index in [0.29, 0.717) is 31.0 Å². The fourth-order valence-electron chi connectivity index (χ4n) is 2.48. The van der Waals surface area contributed by atoms with Crippen LogP contribution in [-0.4, -0.2) is 52.3 Å². The van der Waals surface area contributed by atoms with Crippen molar-refractivity contribution in [2.45, 2.75) is 19.9 Å². The molecule has 0 unspecified atom stereocenters. The number of nitrogens with one attached hydrogen (secondary N) is 1. The van der Waals surface area contributed by atoms with E-state index in [2.05, 4.69) is 4.72 Å². The molecule has 0 aromatic heterocycles. The topological polar surface area (TPSA) is 84.9 Å². The van der Waals surface area contributed by atoms with Crippen LogP contribution in [0.3, 0.4) is 0 Å². The molecule has 0 fully saturated rings. The van der Waals surface area contributed by atoms with Crippen LogP contribution in [0.4, 0.5) is 0 Å². The molecule has 8 heteroatoms. The van der Waals surface area contributed by atoms with Crippen molar-refractivity contribution in [3.05, 3.63) is 23.3 Å². The van der Waals surface area contributed by atoms with Crippen LogP contribution in [0, 0.1) is 0 Å². The van der Waals surface area contributed by atoms with Crippen molar-refractivity contribution in [1.29, 1.82) is 0 Å². The van der Waals surface area contributed by atoms with Gasteiger partial charge in [0.2, 0.25) is 15.9 Å². The Bertz CT molecular complexity index is 687. The average molecular weight is 342 g/mol. The smallest absolute Gasteiger partial charge is 0.237 e. The maximum Gasteiger partial charge on any atom is 0.237 e. The first-order valence-corrected chi connectivity index (χ1v) is 9.04. The molecule has 0 atom stereocenters. The molecule has 0 saturated carbocycles. The van der Waals surface area contributed by atoms with Gasteiger partial charge in [0.25, 0.3) is 0 Å². The summed E-state index contributed by atoms with van der Waals surface area (Å²) < 4.78 is 35.7. The molecule has 0 aliphatic carbocycles. The van der Waals surface area contributed by atoms with Crippen molar-refractivity contribution in [3.63, 3.8) is 0 Å². The molecule has 1 aromatic carbocycles. The Morgan fingerprint density at radius 2 is 1.83 bits per heavy atom. The molecule has 0 saturated heterocycles. The number of nitrogens with zero attached hydrogens (tertiary/aromatic N) is 1. The van der Waals surface area contributed by atoms with Crippen LogP contribution in [0.1, 0.15) is 18.1 Å². The summed E-state index contributed by atoms with van der Waals surface area (Å²) in [5.41, 5.74) is 2.10. The molecular weight excluding hydrogens is 320 g/mol. The minimum Gasteiger partial charge on any atom is -0.493 e. The first-order chi connectivity index (χ1) is 10.9. The van der Waals surface area contributed by atoms with Gasteiger partial charge in [-0.1, -0.05) is 0 Å². The second-order valence-electron chi connectivity index (χ2n) is 5.27. The Morgan fingerprint density at radius 1 is 1.22 bits per heavy atom. The number of carbonyl (C=O) groups excluding carboxylic acids is 1. The fourth-order valence-corrected chi connectivity index (χ4v) is 3.03. The van der Waals surface area contributed by atoms with Crippen molar-refractivity contribution >= 4 is 15.9 Å². The molecule has 128 valence electrons. The zero-order valence-corrected chi connectivity index (χ0v) is 14.4. The third-order valence-electron chi connectivity index (χ3n) is 3.89. The molecule has 1 N–H and O–H groups in total. The quantitative estimate of drug-likeness (QED) is 0.815. The van der Waals surface area contributed by atoms with Crippen molar-refractivity contribution in [1.82, 2.24) is 9.62 Å². The highest BCUT2D eigenvalue weighted by atomic mass is 32.2. The number of rotatable bonds is 6. The SMILES string of the molecule is CCS(=O)(=O)NCC(=O)N1CCc2cc(OC)c(OC)cc2C1. The molecule has 1 aliphatic heterocycles. The van der Waals surface area contributed by atoms with Crippen LogP contribution in [0.2, 0.25) is 0 Å². The highest BCUT2D eigenvalue weighted by molar-refractivity contribution is 7.89. The lowest BCUT2D eigenvalue weighted by Gasteiger charge is -2.29. The monoisotopic (exact) mass is 342 g/mol. The highest BCUT2D eigenvalue weighted by Crippen LogP contribution is 2.33. The van der Waals surface area contributed by atoms with Crippen LogP contribution < -0.4 is 14.2 Å². The number of carbonyl (C=O) groups is 1. The van der Waals surface area contributed by atoms with E-state index in [-0.39, 0.29) is 18.2 Å². The first-order valence-electron chi connectivity index (χ1n) is 7.39. The molecule has 23 heavy (non-hydrogen) atoms. The number of methoxy groups -OCH3 is 2. The summed E-state index contributed by atoms with van der Waals surface area (Å²) in [5.74, 6) is 1.01. The van der Waals surface area contributed by atoms with E-state index in [9.17, 15) is 13.2 Å². The van der Waals surface area contributed by atoms with Crippen molar-refractivity contribution in [2.24, 2.45) is 0 Å². The highest BCUT2D eigenvalue weighted by Gasteiger charge is 2.23. The molecule has 1 aromatic rings. The number of amides is 1. The van der Waals surface area contributed by atoms with Gasteiger partial charge in [0.05, 0.1) is 26.5 Å². The number of benzene rings is 1. The maximum absolute atomic E-state index is 12.2. The predicted octanol–water partition coefficient (Wildman–Crippen LogP) is 0.528. The van der Waals surface area contributed by atoms with Crippen molar-refractivity contribution in [2.75, 3.05) is 33.1 Å². The summed E-state index contributed by atoms with van der Waals surface area (Å²) in [7, 11) is -0.216. The van der Waals surface area contributed by atoms with Crippen molar-refractivity contribution < 1.29 is 22.7 Å². The number of hydrogen-bond acceptors (Lipinski definition) is 5. The van der Waals surface area contributed by atoms with Gasteiger partial charge in [-0.15, -0.1) is 0 Å². The molecule has 0 spiro atoms. The molecule has 2 rings (SSSR count). The Hall–Kier alpha value is -1.80. The predicted molar refractivity (Wildman–Crippen MR) is 86.1 cm³/mol. The second-order valence-corrected chi connectivity index (χ2v) is 7.36. The lowest BCUT2D eigenvalue weighted by Crippen LogP contribution is -2.42. The molecule has 1 amide bonds. The van der Waals surface area contributed by atoms with Gasteiger partial charge < -0.3 is 14.4 Å². The van der Waals surface area contributed by atoms with Gasteiger partial charge in [-0.2, -0.15) is 0 Å². The van der Waals surface area contributed by atoms with E-state index < -0.39 is 10.0 Å². The van der Waals surface area contributed by atoms with Crippen LogP contribution in [0.25, 0.3) is 0 Å². The van der Waals surface area contributed by atoms with Crippen molar-refractivity contribution in [3.8, 4) is 11.5 Å². The molecular formula is C15H22N2O5S. The van der Waals surface area contributed by atoms with Crippen LogP contribution in [0.5, 0.6) is 11.5 Å². The summed E-state index contributed by atoms with van der Waals surface area (Å²) in [6.07, 6.45) is 0.696. The summed E-state index contributed by atoms with van der Waals surface area (Å²) in [6, 6.07) is 3.79. The lowest BCUT2D eigenvalue weighted by molar-refractivity contribution is -0.130. The van der Waals surface area contributed by atoms with E-state index in [1.807, 2.05) is 12.1 Å². The number of ether oxygens (including phenoxy) is 2. The summed E-state index contributed by atoms with van der Waals surface area (Å²) in [5, 5.41) is 0. The van der Waals surface area contributed by atoms with E-state index in [1.165, 1.54) is 6.92 Å². The largest absolute Gasteiger partial charge is 0.493 e. The number of sulfonamides is 1. The fraction of sp³-hybridized carbons (Fsp3) is 0.533. The van der Waals surface area contributed by atoms with Gasteiger partial charge in [0.1, 0.15) is 0 Å². The lowest BCUT2D eigenvalue weighted by atomic mass is 9.98. The summed E-state index contributed by atoms with van der Waals surface area (Å²) in [6.45, 7) is 2.31. The number of fused-ring (bicyclic) bond motifs is 1. The summed E-state index contributed by atoms with van der Waals surface area (Å²) in [4.78, 5) is 13.8. The third-order valence-corrected chi connectivity index (χ3v) is 5.24. The Morgan fingerprint density at radius 3 is 2.39 bits per heavy atom. The minimum atomic E-state index is -3.37. The van der Waals surface area contributed by atoms with E-state index in [0.717, 1.165) is 11.1 Å². The standard InChI is InChI=1S/C15H22N2O5S/c1-4-23(19,20)16-9-15(18)17-6-5-11-7-13(21-2)14(22-3)8-12(11)10-17/h7-8,16H,4-6,9-10H2,1-3H3. The van der Waals surface area contributed by atoms with Crippen LogP contribution in [0.15, 0.2) is 12.1 Å². The molecule has 1 heterocycles. The molecule has 0 radical (unpaired) electrons. The van der Waals surface area contributed by atoms with Gasteiger partial charge in [0, 0.05) is 13.1 Å². The van der Waals surface area contributed by atoms with E-state index >= 15 is 0 Å². The van der Waals surface area contributed by atoms with Gasteiger partial charge in [-0.3, -0.25) is 4.79 Å². The van der Waals surface area contributed by atoms with Crippen LogP contribution in [-0.2, 0) is 27.8 Å². The van der Waals surface area contributed by atoms with Gasteiger partial charge >= 0.3 is 0 Å². The average Bonchev–Trinajstić information content (AvgIpc) is 2.57. The van der Waals surface area contributed by atoms with Gasteiger partial charge in [-0.25, -0.2) is 13.1 Å². The Balaban J connectivity index is 2.09. The Labute approximate surface area is 136 Å². The Kier molecular flexibility index (Phi) is 5.48. The first kappa shape index (κ1) is 17.6. The second kappa shape index (κ2) is 7.18. The van der Waals surface area contributed by atoms with Gasteiger partial charge in [-0.05, 0) is 36.6 Å². The molecule has 1 aliphatic rings. The van der Waals surface area contributed by atoms with Gasteiger partial charge in [0.15, 0.2) is 11.5 Å². The molecule has 7 nitrogen and oxygen atoms in total. The molecule has 0 bridgehead atoms. The van der Waals surface area contributed by atoms with Crippen LogP contribution >= 0.6 is 0 Å². The minimum absolute atomic E-state index is 0.0416. The third kappa shape index (κ3) is 4.14. The van der Waals surface area contributed by atoms with E-state index in [1.54, 1.807) is 19.1 Å². The zero-order valence-electron chi connectivity index (χ0n) is 13.6. The van der Waals surface area contributed by atoms with E-state index in [4.69, 9.17) is 9.47 Å².